The van der Waals surface area contributed by atoms with Gasteiger partial charge in [0.05, 0.1) is 6.61 Å². The zero-order valence-corrected chi connectivity index (χ0v) is 16.7. The summed E-state index contributed by atoms with van der Waals surface area (Å²) in [6, 6.07) is 9.29. The molecule has 2 aliphatic rings. The summed E-state index contributed by atoms with van der Waals surface area (Å²) in [7, 11) is 0. The number of amides is 2. The Morgan fingerprint density at radius 3 is 2.71 bits per heavy atom. The minimum Gasteiger partial charge on any atom is -0.363 e. The number of nitrogens with one attached hydrogen (secondary N) is 2. The van der Waals surface area contributed by atoms with Crippen LogP contribution in [0.1, 0.15) is 52.2 Å². The molecule has 3 heterocycles. The summed E-state index contributed by atoms with van der Waals surface area (Å²) in [5.74, 6) is -0.886. The lowest BCUT2D eigenvalue weighted by atomic mass is 9.92. The van der Waals surface area contributed by atoms with E-state index in [1.807, 2.05) is 29.6 Å². The van der Waals surface area contributed by atoms with E-state index in [4.69, 9.17) is 4.74 Å². The minimum absolute atomic E-state index is 0.0419. The van der Waals surface area contributed by atoms with Gasteiger partial charge in [-0.05, 0) is 36.5 Å². The van der Waals surface area contributed by atoms with Crippen LogP contribution in [0, 0.1) is 0 Å². The Bertz CT molecular complexity index is 951. The summed E-state index contributed by atoms with van der Waals surface area (Å²) < 4.78 is 42.6. The number of alkyl halides is 3. The Labute approximate surface area is 176 Å². The third-order valence-electron chi connectivity index (χ3n) is 5.74. The highest BCUT2D eigenvalue weighted by Gasteiger charge is 2.34. The van der Waals surface area contributed by atoms with Crippen LogP contribution >= 0.6 is 0 Å². The lowest BCUT2D eigenvalue weighted by Gasteiger charge is -2.35. The van der Waals surface area contributed by atoms with Gasteiger partial charge in [-0.15, -0.1) is 0 Å². The molecular formula is C21H23F3N4O3. The average Bonchev–Trinajstić information content (AvgIpc) is 3.26. The van der Waals surface area contributed by atoms with Gasteiger partial charge in [-0.2, -0.15) is 18.3 Å². The Kier molecular flexibility index (Phi) is 5.99. The predicted octanol–water partition coefficient (Wildman–Crippen LogP) is 2.72. The van der Waals surface area contributed by atoms with E-state index in [1.54, 1.807) is 4.90 Å². The number of fused-ring (bicyclic) bond motifs is 1. The van der Waals surface area contributed by atoms with Crippen LogP contribution in [0.15, 0.2) is 30.3 Å². The van der Waals surface area contributed by atoms with Gasteiger partial charge in [0, 0.05) is 24.7 Å². The van der Waals surface area contributed by atoms with Crippen LogP contribution in [0.2, 0.25) is 0 Å². The summed E-state index contributed by atoms with van der Waals surface area (Å²) in [6.07, 6.45) is -2.95. The molecule has 0 radical (unpaired) electrons. The number of H-pyrrole nitrogens is 1. The number of aromatic amines is 1. The maximum Gasteiger partial charge on any atom is 0.405 e. The van der Waals surface area contributed by atoms with Gasteiger partial charge < -0.3 is 15.0 Å². The van der Waals surface area contributed by atoms with E-state index in [0.717, 1.165) is 17.5 Å². The van der Waals surface area contributed by atoms with Gasteiger partial charge in [-0.1, -0.05) is 24.3 Å². The van der Waals surface area contributed by atoms with E-state index in [0.29, 0.717) is 38.2 Å². The number of piperidine rings is 1. The Morgan fingerprint density at radius 2 is 1.97 bits per heavy atom. The third-order valence-corrected chi connectivity index (χ3v) is 5.74. The molecule has 1 atom stereocenters. The van der Waals surface area contributed by atoms with Gasteiger partial charge in [0.25, 0.3) is 11.8 Å². The van der Waals surface area contributed by atoms with Gasteiger partial charge in [0.15, 0.2) is 6.10 Å². The smallest absolute Gasteiger partial charge is 0.363 e. The molecule has 2 aromatic rings. The monoisotopic (exact) mass is 436 g/mol. The summed E-state index contributed by atoms with van der Waals surface area (Å²) >= 11 is 0. The second-order valence-corrected chi connectivity index (χ2v) is 7.81. The molecule has 0 spiro atoms. The molecule has 0 bridgehead atoms. The normalized spacial score (nSPS) is 19.7. The Hall–Kier alpha value is -2.88. The van der Waals surface area contributed by atoms with E-state index in [9.17, 15) is 22.8 Å². The third kappa shape index (κ3) is 4.90. The molecule has 166 valence electrons. The van der Waals surface area contributed by atoms with E-state index in [1.165, 1.54) is 6.07 Å². The molecule has 7 nitrogen and oxygen atoms in total. The highest BCUT2D eigenvalue weighted by atomic mass is 19.4. The summed E-state index contributed by atoms with van der Waals surface area (Å²) in [5.41, 5.74) is 2.66. The molecule has 2 aliphatic heterocycles. The first-order chi connectivity index (χ1) is 14.8. The molecule has 31 heavy (non-hydrogen) atoms. The molecule has 1 saturated heterocycles. The van der Waals surface area contributed by atoms with Crippen molar-refractivity contribution in [2.24, 2.45) is 0 Å². The topological polar surface area (TPSA) is 87.3 Å². The van der Waals surface area contributed by atoms with Crippen LogP contribution in [-0.2, 0) is 16.0 Å². The molecular weight excluding hydrogens is 413 g/mol. The molecule has 1 aromatic heterocycles. The number of nitrogens with zero attached hydrogens (tertiary/aromatic N) is 2. The number of ether oxygens (including phenoxy) is 1. The number of rotatable bonds is 4. The molecule has 0 aliphatic carbocycles. The fraction of sp³-hybridized carbons (Fsp3) is 0.476. The number of carbonyl (C=O) groups is 2. The fourth-order valence-corrected chi connectivity index (χ4v) is 4.11. The maximum atomic E-state index is 13.0. The van der Waals surface area contributed by atoms with E-state index in [2.05, 4.69) is 10.2 Å². The first-order valence-corrected chi connectivity index (χ1v) is 10.2. The SMILES string of the molecule is O=C(NCC(F)(F)F)c1cc(C2CCN(C(=O)C3OCCc4ccccc43)CC2)[nH]n1. The lowest BCUT2D eigenvalue weighted by molar-refractivity contribution is -0.146. The zero-order chi connectivity index (χ0) is 22.0. The highest BCUT2D eigenvalue weighted by Crippen LogP contribution is 2.32. The summed E-state index contributed by atoms with van der Waals surface area (Å²) in [4.78, 5) is 26.7. The molecule has 1 fully saturated rings. The summed E-state index contributed by atoms with van der Waals surface area (Å²) in [6.45, 7) is 0.165. The van der Waals surface area contributed by atoms with E-state index >= 15 is 0 Å². The molecule has 0 saturated carbocycles. The van der Waals surface area contributed by atoms with Gasteiger partial charge >= 0.3 is 6.18 Å². The second kappa shape index (κ2) is 8.70. The van der Waals surface area contributed by atoms with Crippen molar-refractivity contribution in [2.75, 3.05) is 26.2 Å². The number of halogens is 3. The first kappa shape index (κ1) is 21.4. The van der Waals surface area contributed by atoms with Gasteiger partial charge in [0.2, 0.25) is 0 Å². The van der Waals surface area contributed by atoms with Crippen molar-refractivity contribution in [3.63, 3.8) is 0 Å². The largest absolute Gasteiger partial charge is 0.405 e. The average molecular weight is 436 g/mol. The predicted molar refractivity (Wildman–Crippen MR) is 104 cm³/mol. The van der Waals surface area contributed by atoms with Gasteiger partial charge in [-0.25, -0.2) is 0 Å². The number of hydrogen-bond acceptors (Lipinski definition) is 4. The van der Waals surface area contributed by atoms with Crippen LogP contribution in [0.25, 0.3) is 0 Å². The van der Waals surface area contributed by atoms with Crippen molar-refractivity contribution in [3.8, 4) is 0 Å². The number of likely N-dealkylation sites (tertiary alicyclic amines) is 1. The van der Waals surface area contributed by atoms with Crippen LogP contribution < -0.4 is 5.32 Å². The number of hydrogen-bond donors (Lipinski definition) is 2. The van der Waals surface area contributed by atoms with Crippen LogP contribution in [-0.4, -0.2) is 59.3 Å². The quantitative estimate of drug-likeness (QED) is 0.772. The Balaban J connectivity index is 1.34. The lowest BCUT2D eigenvalue weighted by Crippen LogP contribution is -2.42. The molecule has 1 unspecified atom stereocenters. The Morgan fingerprint density at radius 1 is 1.23 bits per heavy atom. The van der Waals surface area contributed by atoms with Crippen molar-refractivity contribution in [1.82, 2.24) is 20.4 Å². The first-order valence-electron chi connectivity index (χ1n) is 10.2. The number of carbonyl (C=O) groups excluding carboxylic acids is 2. The second-order valence-electron chi connectivity index (χ2n) is 7.81. The molecule has 2 N–H and O–H groups in total. The molecule has 10 heteroatoms. The van der Waals surface area contributed by atoms with E-state index in [-0.39, 0.29) is 17.5 Å². The molecule has 1 aromatic carbocycles. The van der Waals surface area contributed by atoms with E-state index < -0.39 is 24.7 Å². The van der Waals surface area contributed by atoms with Crippen LogP contribution in [0.4, 0.5) is 13.2 Å². The highest BCUT2D eigenvalue weighted by molar-refractivity contribution is 5.92. The molecule has 2 amide bonds. The van der Waals surface area contributed by atoms with Crippen molar-refractivity contribution in [1.29, 1.82) is 0 Å². The fourth-order valence-electron chi connectivity index (χ4n) is 4.11. The van der Waals surface area contributed by atoms with Gasteiger partial charge in [0.1, 0.15) is 12.2 Å². The van der Waals surface area contributed by atoms with Crippen molar-refractivity contribution >= 4 is 11.8 Å². The van der Waals surface area contributed by atoms with Crippen LogP contribution in [0.3, 0.4) is 0 Å². The number of aromatic nitrogens is 2. The summed E-state index contributed by atoms with van der Waals surface area (Å²) in [5, 5.41) is 8.40. The zero-order valence-electron chi connectivity index (χ0n) is 16.7. The van der Waals surface area contributed by atoms with Crippen LogP contribution in [0.5, 0.6) is 0 Å². The maximum absolute atomic E-state index is 13.0. The molecule has 4 rings (SSSR count). The van der Waals surface area contributed by atoms with Crippen molar-refractivity contribution in [3.05, 3.63) is 52.8 Å². The number of benzene rings is 1. The standard InChI is InChI=1S/C21H23F3N4O3/c22-21(23,24)12-25-19(29)17-11-16(26-27-17)14-5-8-28(9-6-14)20(30)18-15-4-2-1-3-13(15)7-10-31-18/h1-4,11,14,18H,5-10,12H2,(H,25,29)(H,26,27). The minimum atomic E-state index is -4.48. The van der Waals surface area contributed by atoms with Gasteiger partial charge in [-0.3, -0.25) is 14.7 Å². The van der Waals surface area contributed by atoms with Crippen molar-refractivity contribution in [2.45, 2.75) is 37.5 Å². The van der Waals surface area contributed by atoms with Crippen molar-refractivity contribution < 1.29 is 27.5 Å².